The van der Waals surface area contributed by atoms with Gasteiger partial charge in [0.25, 0.3) is 5.91 Å². The molecular formula is C19H20N4O2. The molecule has 2 amide bonds. The number of pyridine rings is 1. The van der Waals surface area contributed by atoms with Crippen LogP contribution in [0.5, 0.6) is 0 Å². The van der Waals surface area contributed by atoms with E-state index in [9.17, 15) is 9.59 Å². The van der Waals surface area contributed by atoms with Gasteiger partial charge in [0.2, 0.25) is 5.91 Å². The lowest BCUT2D eigenvalue weighted by Gasteiger charge is -2.11. The van der Waals surface area contributed by atoms with Crippen molar-refractivity contribution in [3.8, 4) is 0 Å². The van der Waals surface area contributed by atoms with Crippen molar-refractivity contribution in [2.75, 3.05) is 0 Å². The van der Waals surface area contributed by atoms with Crippen molar-refractivity contribution in [3.05, 3.63) is 64.0 Å². The van der Waals surface area contributed by atoms with Crippen LogP contribution in [0.1, 0.15) is 51.4 Å². The third-order valence-corrected chi connectivity index (χ3v) is 3.55. The highest BCUT2D eigenvalue weighted by molar-refractivity contribution is 6.00. The molecule has 0 saturated heterocycles. The fourth-order valence-corrected chi connectivity index (χ4v) is 2.54. The number of nitrogens with zero attached hydrogens (tertiary/aromatic N) is 2. The van der Waals surface area contributed by atoms with E-state index < -0.39 is 11.8 Å². The Kier molecular flexibility index (Phi) is 5.44. The zero-order valence-corrected chi connectivity index (χ0v) is 14.2. The van der Waals surface area contributed by atoms with Crippen LogP contribution < -0.4 is 11.5 Å². The smallest absolute Gasteiger partial charge is 0.250 e. The van der Waals surface area contributed by atoms with Gasteiger partial charge in [0.15, 0.2) is 0 Å². The van der Waals surface area contributed by atoms with Gasteiger partial charge < -0.3 is 11.5 Å². The molecule has 0 unspecified atom stereocenters. The van der Waals surface area contributed by atoms with Gasteiger partial charge in [0.1, 0.15) is 0 Å². The van der Waals surface area contributed by atoms with E-state index in [0.29, 0.717) is 28.9 Å². The topological polar surface area (TPSA) is 111 Å². The Hall–Kier alpha value is -3.28. The minimum Gasteiger partial charge on any atom is -0.366 e. The Morgan fingerprint density at radius 3 is 2.48 bits per heavy atom. The second-order valence-electron chi connectivity index (χ2n) is 5.90. The Bertz CT molecular complexity index is 881. The number of nitrogens with two attached hydrogens (primary N) is 2. The number of rotatable bonds is 6. The molecule has 0 aliphatic heterocycles. The van der Waals surface area contributed by atoms with Crippen molar-refractivity contribution in [2.24, 2.45) is 16.5 Å². The van der Waals surface area contributed by atoms with Crippen LogP contribution in [0.4, 0.5) is 5.69 Å². The predicted molar refractivity (Wildman–Crippen MR) is 99.1 cm³/mol. The van der Waals surface area contributed by atoms with Crippen LogP contribution in [-0.4, -0.2) is 23.5 Å². The largest absolute Gasteiger partial charge is 0.366 e. The zero-order valence-electron chi connectivity index (χ0n) is 14.2. The van der Waals surface area contributed by atoms with Crippen LogP contribution in [0.25, 0.3) is 6.08 Å². The summed E-state index contributed by atoms with van der Waals surface area (Å²) in [5.41, 5.74) is 15.2. The van der Waals surface area contributed by atoms with E-state index >= 15 is 0 Å². The van der Waals surface area contributed by atoms with Gasteiger partial charge in [-0.15, -0.1) is 0 Å². The molecule has 1 aromatic heterocycles. The van der Waals surface area contributed by atoms with Crippen LogP contribution in [0.2, 0.25) is 0 Å². The lowest BCUT2D eigenvalue weighted by molar-refractivity contribution is 0.0992. The van der Waals surface area contributed by atoms with E-state index in [-0.39, 0.29) is 0 Å². The molecule has 4 N–H and O–H groups in total. The average molecular weight is 336 g/mol. The Morgan fingerprint density at radius 1 is 1.20 bits per heavy atom. The first-order valence-corrected chi connectivity index (χ1v) is 7.65. The first kappa shape index (κ1) is 18.1. The molecule has 0 spiro atoms. The highest BCUT2D eigenvalue weighted by Gasteiger charge is 2.14. The highest BCUT2D eigenvalue weighted by atomic mass is 16.1. The summed E-state index contributed by atoms with van der Waals surface area (Å²) in [6.45, 7) is 7.43. The molecule has 25 heavy (non-hydrogen) atoms. The van der Waals surface area contributed by atoms with Gasteiger partial charge in [-0.3, -0.25) is 19.6 Å². The molecule has 0 bridgehead atoms. The fourth-order valence-electron chi connectivity index (χ4n) is 2.54. The van der Waals surface area contributed by atoms with Crippen molar-refractivity contribution < 1.29 is 9.59 Å². The van der Waals surface area contributed by atoms with Gasteiger partial charge in [-0.2, -0.15) is 0 Å². The molecule has 0 aliphatic carbocycles. The standard InChI is InChI=1S/C19H20N4O2/c1-11(2)6-14-7-12(9-16(19(21)25)17(14)22-3)8-15-10-13(18(20)24)4-5-23-15/h4-7,9-10H,3,8H2,1-2H3,(H2,20,24)(H2,21,25). The van der Waals surface area contributed by atoms with Crippen molar-refractivity contribution >= 4 is 30.3 Å². The summed E-state index contributed by atoms with van der Waals surface area (Å²) < 4.78 is 0. The number of allylic oxidation sites excluding steroid dienone is 1. The summed E-state index contributed by atoms with van der Waals surface area (Å²) in [6.07, 6.45) is 3.86. The molecule has 0 radical (unpaired) electrons. The van der Waals surface area contributed by atoms with E-state index in [1.54, 1.807) is 18.2 Å². The van der Waals surface area contributed by atoms with E-state index in [2.05, 4.69) is 16.7 Å². The predicted octanol–water partition coefficient (Wildman–Crippen LogP) is 2.63. The number of carbonyl (C=O) groups is 2. The number of hydrogen-bond donors (Lipinski definition) is 2. The highest BCUT2D eigenvalue weighted by Crippen LogP contribution is 2.29. The summed E-state index contributed by atoms with van der Waals surface area (Å²) in [5, 5.41) is 0. The first-order valence-electron chi connectivity index (χ1n) is 7.65. The Balaban J connectivity index is 2.54. The lowest BCUT2D eigenvalue weighted by Crippen LogP contribution is -2.13. The normalized spacial score (nSPS) is 10.2. The molecule has 6 heteroatoms. The van der Waals surface area contributed by atoms with Crippen LogP contribution in [0, 0.1) is 0 Å². The molecule has 0 fully saturated rings. The number of aliphatic imine (C=N–C) groups is 1. The molecule has 128 valence electrons. The maximum atomic E-state index is 11.8. The summed E-state index contributed by atoms with van der Waals surface area (Å²) in [7, 11) is 0. The van der Waals surface area contributed by atoms with E-state index in [1.165, 1.54) is 6.20 Å². The molecule has 0 aliphatic rings. The summed E-state index contributed by atoms with van der Waals surface area (Å²) in [6, 6.07) is 6.77. The molecule has 0 atom stereocenters. The van der Waals surface area contributed by atoms with Crippen molar-refractivity contribution in [3.63, 3.8) is 0 Å². The number of hydrogen-bond acceptors (Lipinski definition) is 4. The van der Waals surface area contributed by atoms with Gasteiger partial charge in [-0.25, -0.2) is 0 Å². The maximum absolute atomic E-state index is 11.8. The quantitative estimate of drug-likeness (QED) is 0.791. The van der Waals surface area contributed by atoms with E-state index in [4.69, 9.17) is 11.5 Å². The van der Waals surface area contributed by atoms with Gasteiger partial charge in [0, 0.05) is 29.4 Å². The fraction of sp³-hybridized carbons (Fsp3) is 0.158. The lowest BCUT2D eigenvalue weighted by atomic mass is 9.97. The SMILES string of the molecule is C=Nc1c(C=C(C)C)cc(Cc2cc(C(N)=O)ccn2)cc1C(N)=O. The van der Waals surface area contributed by atoms with Crippen LogP contribution in [0.3, 0.4) is 0 Å². The second-order valence-corrected chi connectivity index (χ2v) is 5.90. The van der Waals surface area contributed by atoms with Gasteiger partial charge in [-0.1, -0.05) is 11.6 Å². The number of amides is 2. The molecule has 2 aromatic rings. The van der Waals surface area contributed by atoms with Gasteiger partial charge in [-0.05, 0) is 50.4 Å². The molecule has 1 aromatic carbocycles. The van der Waals surface area contributed by atoms with Gasteiger partial charge in [0.05, 0.1) is 11.3 Å². The molecule has 0 saturated carbocycles. The van der Waals surface area contributed by atoms with Crippen LogP contribution >= 0.6 is 0 Å². The number of primary amides is 2. The van der Waals surface area contributed by atoms with E-state index in [0.717, 1.165) is 16.7 Å². The zero-order chi connectivity index (χ0) is 18.6. The molecular weight excluding hydrogens is 316 g/mol. The number of benzene rings is 1. The average Bonchev–Trinajstić information content (AvgIpc) is 2.54. The summed E-state index contributed by atoms with van der Waals surface area (Å²) in [5.74, 6) is -1.09. The molecule has 1 heterocycles. The third-order valence-electron chi connectivity index (χ3n) is 3.55. The van der Waals surface area contributed by atoms with E-state index in [1.807, 2.05) is 26.0 Å². The second kappa shape index (κ2) is 7.53. The number of carbonyl (C=O) groups excluding carboxylic acids is 2. The number of aromatic nitrogens is 1. The van der Waals surface area contributed by atoms with Crippen LogP contribution in [0.15, 0.2) is 41.0 Å². The van der Waals surface area contributed by atoms with Crippen molar-refractivity contribution in [2.45, 2.75) is 20.3 Å². The monoisotopic (exact) mass is 336 g/mol. The molecule has 6 nitrogen and oxygen atoms in total. The minimum absolute atomic E-state index is 0.297. The summed E-state index contributed by atoms with van der Waals surface area (Å²) >= 11 is 0. The van der Waals surface area contributed by atoms with Crippen molar-refractivity contribution in [1.29, 1.82) is 0 Å². The Morgan fingerprint density at radius 2 is 1.92 bits per heavy atom. The van der Waals surface area contributed by atoms with Crippen LogP contribution in [-0.2, 0) is 6.42 Å². The minimum atomic E-state index is -0.577. The summed E-state index contributed by atoms with van der Waals surface area (Å²) in [4.78, 5) is 31.3. The maximum Gasteiger partial charge on any atom is 0.250 e. The Labute approximate surface area is 146 Å². The third kappa shape index (κ3) is 4.38. The van der Waals surface area contributed by atoms with Crippen molar-refractivity contribution in [1.82, 2.24) is 4.98 Å². The van der Waals surface area contributed by atoms with Gasteiger partial charge >= 0.3 is 0 Å². The molecule has 2 rings (SSSR count). The first-order chi connectivity index (χ1) is 11.8.